The van der Waals surface area contributed by atoms with Crippen LogP contribution < -0.4 is 15.0 Å². The van der Waals surface area contributed by atoms with Gasteiger partial charge in [0.1, 0.15) is 23.7 Å². The third-order valence-corrected chi connectivity index (χ3v) is 8.70. The van der Waals surface area contributed by atoms with Crippen molar-refractivity contribution in [3.63, 3.8) is 0 Å². The molecule has 3 unspecified atom stereocenters. The average Bonchev–Trinajstić information content (AvgIpc) is 2.64. The Morgan fingerprint density at radius 2 is 1.61 bits per heavy atom. The molecule has 3 heterocycles. The Labute approximate surface area is 211 Å². The van der Waals surface area contributed by atoms with Gasteiger partial charge in [0, 0.05) is 17.5 Å². The van der Waals surface area contributed by atoms with Crippen molar-refractivity contribution in [2.45, 2.75) is 80.8 Å². The molecule has 1 aromatic rings. The van der Waals surface area contributed by atoms with E-state index in [4.69, 9.17) is 4.74 Å². The lowest BCUT2D eigenvalue weighted by Gasteiger charge is -2.76. The molecule has 5 fully saturated rings. The summed E-state index contributed by atoms with van der Waals surface area (Å²) < 4.78 is 125. The standard InChI is InChI=1S/C23H26F9N3O3/c1-12-3-19(36,17-7-18(8-17,9-17)22(27,28)29)4-13(34-12)6-38-14-2-15(21(24,25)26)16(33-5-14)35-10-20(37,11-35)23(30,31)32/h2,5,12-13,34,36-37H,3-4,6-11H2,1H3. The predicted molar refractivity (Wildman–Crippen MR) is 113 cm³/mol. The Morgan fingerprint density at radius 3 is 2.13 bits per heavy atom. The molecule has 0 spiro atoms. The van der Waals surface area contributed by atoms with Crippen molar-refractivity contribution in [1.82, 2.24) is 10.3 Å². The zero-order valence-corrected chi connectivity index (χ0v) is 20.1. The van der Waals surface area contributed by atoms with Gasteiger partial charge in [0.25, 0.3) is 0 Å². The summed E-state index contributed by atoms with van der Waals surface area (Å²) in [7, 11) is 0. The molecule has 3 aliphatic carbocycles. The number of aromatic nitrogens is 1. The highest BCUT2D eigenvalue weighted by molar-refractivity contribution is 5.54. The number of piperidine rings is 1. The van der Waals surface area contributed by atoms with Crippen LogP contribution in [0, 0.1) is 10.8 Å². The van der Waals surface area contributed by atoms with Crippen LogP contribution in [0.15, 0.2) is 12.3 Å². The van der Waals surface area contributed by atoms with Crippen molar-refractivity contribution < 1.29 is 54.5 Å². The van der Waals surface area contributed by atoms with Gasteiger partial charge in [-0.05, 0) is 45.1 Å². The van der Waals surface area contributed by atoms with Crippen molar-refractivity contribution in [3.05, 3.63) is 17.8 Å². The number of halogens is 9. The molecule has 5 aliphatic rings. The van der Waals surface area contributed by atoms with Gasteiger partial charge in [0.2, 0.25) is 0 Å². The van der Waals surface area contributed by atoms with E-state index < -0.39 is 71.1 Å². The highest BCUT2D eigenvalue weighted by Gasteiger charge is 2.83. The van der Waals surface area contributed by atoms with Crippen LogP contribution in [-0.4, -0.2) is 70.5 Å². The fourth-order valence-electron chi connectivity index (χ4n) is 6.73. The molecule has 3 atom stereocenters. The maximum Gasteiger partial charge on any atom is 0.420 e. The zero-order valence-electron chi connectivity index (χ0n) is 20.1. The first-order valence-corrected chi connectivity index (χ1v) is 12.0. The molecule has 3 N–H and O–H groups in total. The molecule has 0 aromatic carbocycles. The van der Waals surface area contributed by atoms with E-state index in [1.807, 2.05) is 0 Å². The summed E-state index contributed by atoms with van der Waals surface area (Å²) >= 11 is 0. The Kier molecular flexibility index (Phi) is 5.82. The monoisotopic (exact) mass is 563 g/mol. The zero-order chi connectivity index (χ0) is 28.2. The van der Waals surface area contributed by atoms with Crippen LogP contribution in [0.2, 0.25) is 0 Å². The van der Waals surface area contributed by atoms with Gasteiger partial charge in [-0.15, -0.1) is 0 Å². The summed E-state index contributed by atoms with van der Waals surface area (Å²) in [5.41, 5.74) is -8.44. The van der Waals surface area contributed by atoms with Crippen LogP contribution in [0.5, 0.6) is 5.75 Å². The minimum atomic E-state index is -5.01. The lowest BCUT2D eigenvalue weighted by atomic mass is 9.29. The molecule has 0 amide bonds. The lowest BCUT2D eigenvalue weighted by molar-refractivity contribution is -0.403. The number of anilines is 1. The largest absolute Gasteiger partial charge is 0.490 e. The van der Waals surface area contributed by atoms with E-state index in [1.54, 1.807) is 6.92 Å². The predicted octanol–water partition coefficient (Wildman–Crippen LogP) is 4.20. The van der Waals surface area contributed by atoms with Crippen LogP contribution in [-0.2, 0) is 6.18 Å². The third kappa shape index (κ3) is 4.10. The summed E-state index contributed by atoms with van der Waals surface area (Å²) in [6.45, 7) is -0.683. The van der Waals surface area contributed by atoms with E-state index in [1.165, 1.54) is 0 Å². The molecule has 0 radical (unpaired) electrons. The molecule has 6 nitrogen and oxygen atoms in total. The maximum absolute atomic E-state index is 13.7. The Bertz CT molecular complexity index is 1080. The summed E-state index contributed by atoms with van der Waals surface area (Å²) in [5.74, 6) is -1.10. The second-order valence-corrected chi connectivity index (χ2v) is 11.5. The molecule has 15 heteroatoms. The van der Waals surface area contributed by atoms with Crippen molar-refractivity contribution in [1.29, 1.82) is 0 Å². The molecule has 1 aromatic heterocycles. The number of hydrogen-bond acceptors (Lipinski definition) is 6. The van der Waals surface area contributed by atoms with Gasteiger partial charge in [0.05, 0.1) is 30.3 Å². The van der Waals surface area contributed by atoms with Crippen LogP contribution >= 0.6 is 0 Å². The molecule has 3 saturated carbocycles. The van der Waals surface area contributed by atoms with Crippen molar-refractivity contribution in [3.8, 4) is 5.75 Å². The van der Waals surface area contributed by atoms with E-state index in [0.717, 1.165) is 6.20 Å². The van der Waals surface area contributed by atoms with Crippen molar-refractivity contribution in [2.24, 2.45) is 10.8 Å². The fourth-order valence-corrected chi connectivity index (χ4v) is 6.73. The first kappa shape index (κ1) is 27.6. The van der Waals surface area contributed by atoms with Crippen LogP contribution in [0.1, 0.15) is 44.6 Å². The van der Waals surface area contributed by atoms with Crippen LogP contribution in [0.25, 0.3) is 0 Å². The average molecular weight is 563 g/mol. The minimum absolute atomic E-state index is 0.0483. The lowest BCUT2D eigenvalue weighted by Crippen LogP contribution is -2.78. The third-order valence-electron chi connectivity index (χ3n) is 8.70. The highest BCUT2D eigenvalue weighted by Crippen LogP contribution is 2.82. The van der Waals surface area contributed by atoms with Gasteiger partial charge < -0.3 is 25.2 Å². The first-order chi connectivity index (χ1) is 17.2. The molecular formula is C23H26F9N3O3. The summed E-state index contributed by atoms with van der Waals surface area (Å²) in [6.07, 6.45) is -13.6. The van der Waals surface area contributed by atoms with Gasteiger partial charge in [-0.1, -0.05) is 0 Å². The summed E-state index contributed by atoms with van der Waals surface area (Å²) in [4.78, 5) is 4.32. The van der Waals surface area contributed by atoms with E-state index in [-0.39, 0.29) is 50.5 Å². The number of pyridine rings is 1. The summed E-state index contributed by atoms with van der Waals surface area (Å²) in [6, 6.07) is -0.269. The smallest absolute Gasteiger partial charge is 0.420 e. The second kappa shape index (κ2) is 8.03. The number of ether oxygens (including phenoxy) is 1. The van der Waals surface area contributed by atoms with Gasteiger partial charge >= 0.3 is 18.5 Å². The SMILES string of the molecule is CC1CC(O)(C23CC(C(F)(F)F)(C2)C3)CC(COc2cnc(N3CC(O)(C(F)(F)F)C3)c(C(F)(F)F)c2)N1. The maximum atomic E-state index is 13.7. The van der Waals surface area contributed by atoms with Crippen molar-refractivity contribution >= 4 is 5.82 Å². The van der Waals surface area contributed by atoms with Crippen LogP contribution in [0.3, 0.4) is 0 Å². The molecule has 2 saturated heterocycles. The Hall–Kier alpha value is -2.00. The number of β-amino-alcohol motifs (C(OH)–C–C–N with tert-alkyl or cyclic N) is 1. The van der Waals surface area contributed by atoms with E-state index >= 15 is 0 Å². The molecule has 2 aliphatic heterocycles. The van der Waals surface area contributed by atoms with Crippen LogP contribution in [0.4, 0.5) is 45.3 Å². The Morgan fingerprint density at radius 1 is 1.00 bits per heavy atom. The molecule has 214 valence electrons. The fraction of sp³-hybridized carbons (Fsp3) is 0.783. The van der Waals surface area contributed by atoms with Gasteiger partial charge in [-0.3, -0.25) is 0 Å². The van der Waals surface area contributed by atoms with E-state index in [9.17, 15) is 49.7 Å². The number of hydrogen-bond donors (Lipinski definition) is 3. The molecule has 2 bridgehead atoms. The topological polar surface area (TPSA) is 77.9 Å². The highest BCUT2D eigenvalue weighted by atomic mass is 19.4. The molecular weight excluding hydrogens is 537 g/mol. The van der Waals surface area contributed by atoms with E-state index in [0.29, 0.717) is 11.0 Å². The number of aliphatic hydroxyl groups is 2. The minimum Gasteiger partial charge on any atom is -0.490 e. The molecule has 6 rings (SSSR count). The van der Waals surface area contributed by atoms with Gasteiger partial charge in [0.15, 0.2) is 5.60 Å². The number of rotatable bonds is 5. The number of nitrogens with zero attached hydrogens (tertiary/aromatic N) is 2. The van der Waals surface area contributed by atoms with Crippen molar-refractivity contribution in [2.75, 3.05) is 24.6 Å². The quantitative estimate of drug-likeness (QED) is 0.467. The molecule has 38 heavy (non-hydrogen) atoms. The number of alkyl halides is 9. The summed E-state index contributed by atoms with van der Waals surface area (Å²) in [5, 5.41) is 24.1. The first-order valence-electron chi connectivity index (χ1n) is 12.0. The normalized spacial score (nSPS) is 36.7. The van der Waals surface area contributed by atoms with E-state index in [2.05, 4.69) is 10.3 Å². The van der Waals surface area contributed by atoms with Gasteiger partial charge in [-0.25, -0.2) is 4.98 Å². The van der Waals surface area contributed by atoms with Gasteiger partial charge in [-0.2, -0.15) is 39.5 Å². The Balaban J connectivity index is 1.26. The number of nitrogens with one attached hydrogen (secondary N) is 1. The second-order valence-electron chi connectivity index (χ2n) is 11.5.